The van der Waals surface area contributed by atoms with Crippen molar-refractivity contribution < 1.29 is 9.47 Å². The molecule has 21 heavy (non-hydrogen) atoms. The van der Waals surface area contributed by atoms with Gasteiger partial charge in [0, 0.05) is 30.8 Å². The van der Waals surface area contributed by atoms with Crippen molar-refractivity contribution in [2.24, 2.45) is 11.7 Å². The van der Waals surface area contributed by atoms with Crippen LogP contribution in [0.2, 0.25) is 0 Å². The lowest BCUT2D eigenvalue weighted by atomic mass is 9.94. The van der Waals surface area contributed by atoms with E-state index in [2.05, 4.69) is 26.9 Å². The number of ether oxygens (including phenoxy) is 2. The highest BCUT2D eigenvalue weighted by molar-refractivity contribution is 9.10. The molecule has 0 bridgehead atoms. The second-order valence-corrected chi connectivity index (χ2v) is 6.43. The third kappa shape index (κ3) is 4.19. The maximum atomic E-state index is 6.06. The summed E-state index contributed by atoms with van der Waals surface area (Å²) < 4.78 is 11.7. The molecule has 0 aromatic heterocycles. The molecule has 2 rings (SSSR count). The van der Waals surface area contributed by atoms with Gasteiger partial charge >= 0.3 is 0 Å². The van der Waals surface area contributed by atoms with Crippen molar-refractivity contribution in [2.45, 2.75) is 18.9 Å². The molecule has 0 spiro atoms. The topological polar surface area (TPSA) is 47.7 Å². The average molecular weight is 357 g/mol. The molecule has 4 nitrogen and oxygen atoms in total. The van der Waals surface area contributed by atoms with Crippen molar-refractivity contribution in [3.05, 3.63) is 28.2 Å². The Morgan fingerprint density at radius 3 is 2.62 bits per heavy atom. The molecular weight excluding hydrogens is 332 g/mol. The zero-order valence-corrected chi connectivity index (χ0v) is 14.4. The molecule has 1 saturated heterocycles. The van der Waals surface area contributed by atoms with E-state index >= 15 is 0 Å². The molecule has 5 heteroatoms. The van der Waals surface area contributed by atoms with E-state index in [-0.39, 0.29) is 6.04 Å². The van der Waals surface area contributed by atoms with Crippen molar-refractivity contribution >= 4 is 15.9 Å². The van der Waals surface area contributed by atoms with E-state index in [1.165, 1.54) is 18.4 Å². The Bertz CT molecular complexity index is 448. The molecule has 1 aliphatic rings. The third-order valence-electron chi connectivity index (χ3n) is 4.28. The average Bonchev–Trinajstić information content (AvgIpc) is 2.51. The molecule has 1 heterocycles. The highest BCUT2D eigenvalue weighted by Gasteiger charge is 2.26. The summed E-state index contributed by atoms with van der Waals surface area (Å²) in [6, 6.07) is 6.32. The van der Waals surface area contributed by atoms with E-state index < -0.39 is 0 Å². The van der Waals surface area contributed by atoms with E-state index in [0.29, 0.717) is 12.5 Å². The first kappa shape index (κ1) is 16.7. The van der Waals surface area contributed by atoms with Crippen LogP contribution < -0.4 is 10.5 Å². The predicted octanol–water partition coefficient (Wildman–Crippen LogP) is 2.82. The summed E-state index contributed by atoms with van der Waals surface area (Å²) in [5.74, 6) is 1.55. The Morgan fingerprint density at radius 2 is 2.05 bits per heavy atom. The standard InChI is InChI=1S/C16H25BrN2O2/c1-20-11-12-5-7-19(8-6-12)16(10-18)14-9-13(21-2)3-4-15(14)17/h3-4,9,12,16H,5-8,10-11,18H2,1-2H3. The zero-order chi connectivity index (χ0) is 15.2. The molecule has 0 aliphatic carbocycles. The van der Waals surface area contributed by atoms with Crippen molar-refractivity contribution in [1.29, 1.82) is 0 Å². The maximum absolute atomic E-state index is 6.06. The summed E-state index contributed by atoms with van der Waals surface area (Å²) in [5, 5.41) is 0. The number of halogens is 1. The van der Waals surface area contributed by atoms with Gasteiger partial charge in [0.05, 0.1) is 7.11 Å². The van der Waals surface area contributed by atoms with Crippen molar-refractivity contribution in [2.75, 3.05) is 40.5 Å². The van der Waals surface area contributed by atoms with Crippen molar-refractivity contribution in [1.82, 2.24) is 4.90 Å². The molecule has 0 radical (unpaired) electrons. The zero-order valence-electron chi connectivity index (χ0n) is 12.8. The lowest BCUT2D eigenvalue weighted by molar-refractivity contribution is 0.0808. The molecular formula is C16H25BrN2O2. The monoisotopic (exact) mass is 356 g/mol. The van der Waals surface area contributed by atoms with Crippen LogP contribution in [0.15, 0.2) is 22.7 Å². The number of likely N-dealkylation sites (tertiary alicyclic amines) is 1. The summed E-state index contributed by atoms with van der Waals surface area (Å²) in [6.45, 7) is 3.61. The molecule has 1 unspecified atom stereocenters. The Labute approximate surface area is 135 Å². The van der Waals surface area contributed by atoms with Gasteiger partial charge in [-0.25, -0.2) is 0 Å². The molecule has 1 fully saturated rings. The third-order valence-corrected chi connectivity index (χ3v) is 5.00. The fourth-order valence-corrected chi connectivity index (χ4v) is 3.55. The first-order valence-corrected chi connectivity index (χ1v) is 8.25. The molecule has 1 aliphatic heterocycles. The largest absolute Gasteiger partial charge is 0.497 e. The van der Waals surface area contributed by atoms with Crippen LogP contribution in [0, 0.1) is 5.92 Å². The Hall–Kier alpha value is -0.620. The number of piperidine rings is 1. The van der Waals surface area contributed by atoms with Crippen LogP contribution in [0.3, 0.4) is 0 Å². The normalized spacial score (nSPS) is 18.7. The fourth-order valence-electron chi connectivity index (χ4n) is 3.04. The van der Waals surface area contributed by atoms with Crippen LogP contribution in [0.4, 0.5) is 0 Å². The van der Waals surface area contributed by atoms with Crippen molar-refractivity contribution in [3.63, 3.8) is 0 Å². The summed E-state index contributed by atoms with van der Waals surface area (Å²) in [4.78, 5) is 2.48. The van der Waals surface area contributed by atoms with Gasteiger partial charge in [0.15, 0.2) is 0 Å². The highest BCUT2D eigenvalue weighted by Crippen LogP contribution is 2.33. The predicted molar refractivity (Wildman–Crippen MR) is 88.7 cm³/mol. The van der Waals surface area contributed by atoms with Gasteiger partial charge in [0.1, 0.15) is 5.75 Å². The van der Waals surface area contributed by atoms with E-state index in [1.807, 2.05) is 12.1 Å². The van der Waals surface area contributed by atoms with Gasteiger partial charge < -0.3 is 15.2 Å². The number of benzene rings is 1. The first-order valence-electron chi connectivity index (χ1n) is 7.46. The maximum Gasteiger partial charge on any atom is 0.119 e. The minimum absolute atomic E-state index is 0.234. The summed E-state index contributed by atoms with van der Waals surface area (Å²) in [7, 11) is 3.48. The fraction of sp³-hybridized carbons (Fsp3) is 0.625. The van der Waals surface area contributed by atoms with Crippen LogP contribution in [-0.4, -0.2) is 45.4 Å². The SMILES string of the molecule is COCC1CCN(C(CN)c2cc(OC)ccc2Br)CC1. The number of hydrogen-bond acceptors (Lipinski definition) is 4. The van der Waals surface area contributed by atoms with Crippen LogP contribution in [-0.2, 0) is 4.74 Å². The number of methoxy groups -OCH3 is 2. The van der Waals surface area contributed by atoms with E-state index in [9.17, 15) is 0 Å². The van der Waals surface area contributed by atoms with Gasteiger partial charge in [-0.3, -0.25) is 4.90 Å². The number of hydrogen-bond donors (Lipinski definition) is 1. The number of nitrogens with two attached hydrogens (primary N) is 1. The van der Waals surface area contributed by atoms with Gasteiger partial charge in [-0.1, -0.05) is 15.9 Å². The van der Waals surface area contributed by atoms with Gasteiger partial charge in [0.2, 0.25) is 0 Å². The number of nitrogens with zero attached hydrogens (tertiary/aromatic N) is 1. The second-order valence-electron chi connectivity index (χ2n) is 5.57. The lowest BCUT2D eigenvalue weighted by Crippen LogP contribution is -2.40. The Morgan fingerprint density at radius 1 is 1.33 bits per heavy atom. The second kappa shape index (κ2) is 8.13. The van der Waals surface area contributed by atoms with Crippen LogP contribution in [0.1, 0.15) is 24.4 Å². The molecule has 1 atom stereocenters. The molecule has 0 saturated carbocycles. The molecule has 0 amide bonds. The smallest absolute Gasteiger partial charge is 0.119 e. The molecule has 1 aromatic carbocycles. The van der Waals surface area contributed by atoms with Gasteiger partial charge in [-0.15, -0.1) is 0 Å². The Balaban J connectivity index is 2.10. The highest BCUT2D eigenvalue weighted by atomic mass is 79.9. The first-order chi connectivity index (χ1) is 10.2. The van der Waals surface area contributed by atoms with E-state index in [1.54, 1.807) is 14.2 Å². The van der Waals surface area contributed by atoms with E-state index in [4.69, 9.17) is 15.2 Å². The Kier molecular flexibility index (Phi) is 6.48. The molecule has 2 N–H and O–H groups in total. The van der Waals surface area contributed by atoms with Gasteiger partial charge in [0.25, 0.3) is 0 Å². The van der Waals surface area contributed by atoms with Gasteiger partial charge in [-0.2, -0.15) is 0 Å². The minimum Gasteiger partial charge on any atom is -0.497 e. The van der Waals surface area contributed by atoms with Crippen LogP contribution in [0.25, 0.3) is 0 Å². The lowest BCUT2D eigenvalue weighted by Gasteiger charge is -2.37. The van der Waals surface area contributed by atoms with Gasteiger partial charge in [-0.05, 0) is 55.6 Å². The summed E-state index contributed by atoms with van der Waals surface area (Å²) >= 11 is 3.65. The van der Waals surface area contributed by atoms with Crippen LogP contribution in [0.5, 0.6) is 5.75 Å². The van der Waals surface area contributed by atoms with E-state index in [0.717, 1.165) is 29.9 Å². The quantitative estimate of drug-likeness (QED) is 0.851. The number of rotatable bonds is 6. The summed E-state index contributed by atoms with van der Waals surface area (Å²) in [5.41, 5.74) is 7.27. The minimum atomic E-state index is 0.234. The molecule has 1 aromatic rings. The summed E-state index contributed by atoms with van der Waals surface area (Å²) in [6.07, 6.45) is 2.35. The van der Waals surface area contributed by atoms with Crippen LogP contribution >= 0.6 is 15.9 Å². The molecule has 118 valence electrons. The van der Waals surface area contributed by atoms with Crippen molar-refractivity contribution in [3.8, 4) is 5.75 Å².